The summed E-state index contributed by atoms with van der Waals surface area (Å²) in [7, 11) is 4.06. The molecule has 0 spiro atoms. The van der Waals surface area contributed by atoms with Crippen LogP contribution in [0.5, 0.6) is 5.75 Å². The lowest BCUT2D eigenvalue weighted by molar-refractivity contribution is 0.260. The van der Waals surface area contributed by atoms with E-state index in [2.05, 4.69) is 52.5 Å². The number of rotatable bonds is 8. The van der Waals surface area contributed by atoms with Gasteiger partial charge in [-0.05, 0) is 56.8 Å². The summed E-state index contributed by atoms with van der Waals surface area (Å²) in [4.78, 5) is 6.53. The molecular formula is C20H29N3O. The predicted octanol–water partition coefficient (Wildman–Crippen LogP) is 4.30. The van der Waals surface area contributed by atoms with Crippen molar-refractivity contribution in [1.82, 2.24) is 9.88 Å². The molecule has 130 valence electrons. The number of nitrogens with one attached hydrogen (secondary N) is 1. The maximum absolute atomic E-state index is 5.67. The molecule has 0 radical (unpaired) electrons. The zero-order chi connectivity index (χ0) is 17.4. The molecule has 0 atom stereocenters. The van der Waals surface area contributed by atoms with Crippen molar-refractivity contribution in [2.75, 3.05) is 32.6 Å². The summed E-state index contributed by atoms with van der Waals surface area (Å²) < 4.78 is 5.67. The molecule has 0 unspecified atom stereocenters. The third kappa shape index (κ3) is 5.39. The molecule has 1 heterocycles. The Balaban J connectivity index is 0.00000312. The Kier molecular flexibility index (Phi) is 6.82. The highest BCUT2D eigenvalue weighted by Crippen LogP contribution is 2.20. The molecule has 0 bridgehead atoms. The Morgan fingerprint density at radius 1 is 1.29 bits per heavy atom. The molecule has 0 aliphatic rings. The van der Waals surface area contributed by atoms with E-state index in [0.29, 0.717) is 6.61 Å². The summed E-state index contributed by atoms with van der Waals surface area (Å²) >= 11 is 0. The lowest BCUT2D eigenvalue weighted by atomic mass is 10.1. The standard InChI is InChI=1S/C20H27N3O.H2/c1-5-16-8-7-9-17(14-16)19(6-2)22-20-11-10-18(15-21-20)24-13-12-23(3)4;/h6-11,14-15H,5,12-13H2,1-4H3,(H,21,22);1H/b19-6+;. The number of benzene rings is 1. The lowest BCUT2D eigenvalue weighted by Crippen LogP contribution is -2.19. The van der Waals surface area contributed by atoms with E-state index in [9.17, 15) is 0 Å². The topological polar surface area (TPSA) is 37.4 Å². The van der Waals surface area contributed by atoms with Crippen LogP contribution in [-0.4, -0.2) is 37.1 Å². The number of aromatic nitrogens is 1. The molecule has 1 N–H and O–H groups in total. The second-order valence-electron chi connectivity index (χ2n) is 5.91. The Morgan fingerprint density at radius 2 is 2.12 bits per heavy atom. The van der Waals surface area contributed by atoms with Crippen molar-refractivity contribution in [3.8, 4) is 5.75 Å². The third-order valence-electron chi connectivity index (χ3n) is 3.74. The SMILES string of the molecule is C/C=C(/Nc1ccc(OCCN(C)C)cn1)c1cccc(CC)c1.[HH]. The zero-order valence-corrected chi connectivity index (χ0v) is 15.0. The average molecular weight is 327 g/mol. The van der Waals surface area contributed by atoms with E-state index >= 15 is 0 Å². The van der Waals surface area contributed by atoms with Crippen molar-refractivity contribution in [3.05, 3.63) is 59.8 Å². The molecule has 0 aliphatic heterocycles. The van der Waals surface area contributed by atoms with Crippen LogP contribution in [-0.2, 0) is 6.42 Å². The van der Waals surface area contributed by atoms with Gasteiger partial charge in [0.15, 0.2) is 0 Å². The highest BCUT2D eigenvalue weighted by atomic mass is 16.5. The molecule has 0 fully saturated rings. The normalized spacial score (nSPS) is 11.6. The molecule has 1 aromatic heterocycles. The highest BCUT2D eigenvalue weighted by molar-refractivity contribution is 5.75. The van der Waals surface area contributed by atoms with Crippen LogP contribution in [0.1, 0.15) is 26.4 Å². The van der Waals surface area contributed by atoms with Crippen molar-refractivity contribution in [1.29, 1.82) is 0 Å². The summed E-state index contributed by atoms with van der Waals surface area (Å²) in [5.41, 5.74) is 3.55. The van der Waals surface area contributed by atoms with E-state index in [1.54, 1.807) is 6.20 Å². The van der Waals surface area contributed by atoms with Crippen molar-refractivity contribution < 1.29 is 6.16 Å². The number of hydrogen-bond acceptors (Lipinski definition) is 4. The monoisotopic (exact) mass is 327 g/mol. The number of hydrogen-bond donors (Lipinski definition) is 1. The van der Waals surface area contributed by atoms with Crippen LogP contribution in [0, 0.1) is 0 Å². The van der Waals surface area contributed by atoms with Crippen molar-refractivity contribution in [2.45, 2.75) is 20.3 Å². The van der Waals surface area contributed by atoms with Crippen molar-refractivity contribution in [3.63, 3.8) is 0 Å². The van der Waals surface area contributed by atoms with Crippen LogP contribution >= 0.6 is 0 Å². The Bertz CT molecular complexity index is 669. The molecule has 4 heteroatoms. The van der Waals surface area contributed by atoms with Gasteiger partial charge < -0.3 is 15.0 Å². The van der Waals surface area contributed by atoms with E-state index in [-0.39, 0.29) is 1.43 Å². The number of ether oxygens (including phenoxy) is 1. The van der Waals surface area contributed by atoms with Gasteiger partial charge in [-0.15, -0.1) is 0 Å². The largest absolute Gasteiger partial charge is 0.491 e. The number of anilines is 1. The van der Waals surface area contributed by atoms with E-state index in [1.165, 1.54) is 11.1 Å². The minimum absolute atomic E-state index is 0. The Morgan fingerprint density at radius 3 is 2.75 bits per heavy atom. The molecule has 0 amide bonds. The molecule has 2 rings (SSSR count). The molecule has 2 aromatic rings. The van der Waals surface area contributed by atoms with E-state index in [1.807, 2.05) is 33.2 Å². The van der Waals surface area contributed by atoms with E-state index in [4.69, 9.17) is 4.74 Å². The number of pyridine rings is 1. The number of nitrogens with zero attached hydrogens (tertiary/aromatic N) is 2. The highest BCUT2D eigenvalue weighted by Gasteiger charge is 2.04. The molecule has 1 aromatic carbocycles. The maximum Gasteiger partial charge on any atom is 0.137 e. The fourth-order valence-corrected chi connectivity index (χ4v) is 2.29. The summed E-state index contributed by atoms with van der Waals surface area (Å²) in [6.45, 7) is 5.74. The van der Waals surface area contributed by atoms with Gasteiger partial charge in [-0.3, -0.25) is 0 Å². The first-order valence-corrected chi connectivity index (χ1v) is 8.38. The van der Waals surface area contributed by atoms with Gasteiger partial charge in [0, 0.05) is 13.7 Å². The second-order valence-corrected chi connectivity index (χ2v) is 5.91. The van der Waals surface area contributed by atoms with E-state index in [0.717, 1.165) is 30.2 Å². The van der Waals surface area contributed by atoms with Crippen LogP contribution < -0.4 is 10.1 Å². The number of aryl methyl sites for hydroxylation is 1. The van der Waals surface area contributed by atoms with Gasteiger partial charge >= 0.3 is 0 Å². The van der Waals surface area contributed by atoms with Gasteiger partial charge in [-0.1, -0.05) is 31.2 Å². The van der Waals surface area contributed by atoms with Gasteiger partial charge in [0.05, 0.1) is 6.20 Å². The summed E-state index contributed by atoms with van der Waals surface area (Å²) in [6.07, 6.45) is 4.85. The van der Waals surface area contributed by atoms with Crippen LogP contribution in [0.25, 0.3) is 5.70 Å². The smallest absolute Gasteiger partial charge is 0.137 e. The first kappa shape index (κ1) is 18.0. The molecule has 0 saturated heterocycles. The minimum Gasteiger partial charge on any atom is -0.491 e. The van der Waals surface area contributed by atoms with Crippen LogP contribution in [0.15, 0.2) is 48.7 Å². The Hall–Kier alpha value is -2.33. The predicted molar refractivity (Wildman–Crippen MR) is 103 cm³/mol. The fourth-order valence-electron chi connectivity index (χ4n) is 2.29. The maximum atomic E-state index is 5.67. The third-order valence-corrected chi connectivity index (χ3v) is 3.74. The molecule has 24 heavy (non-hydrogen) atoms. The van der Waals surface area contributed by atoms with Gasteiger partial charge in [0.2, 0.25) is 0 Å². The lowest BCUT2D eigenvalue weighted by Gasteiger charge is -2.13. The fraction of sp³-hybridized carbons (Fsp3) is 0.350. The molecule has 0 saturated carbocycles. The average Bonchev–Trinajstić information content (AvgIpc) is 2.60. The van der Waals surface area contributed by atoms with Gasteiger partial charge in [-0.2, -0.15) is 0 Å². The molecule has 4 nitrogen and oxygen atoms in total. The van der Waals surface area contributed by atoms with Crippen molar-refractivity contribution in [2.24, 2.45) is 0 Å². The summed E-state index contributed by atoms with van der Waals surface area (Å²) in [5, 5.41) is 3.38. The van der Waals surface area contributed by atoms with Crippen LogP contribution in [0.3, 0.4) is 0 Å². The van der Waals surface area contributed by atoms with Crippen LogP contribution in [0.4, 0.5) is 5.82 Å². The first-order valence-electron chi connectivity index (χ1n) is 8.38. The summed E-state index contributed by atoms with van der Waals surface area (Å²) in [6, 6.07) is 12.4. The van der Waals surface area contributed by atoms with Gasteiger partial charge in [0.1, 0.15) is 18.2 Å². The van der Waals surface area contributed by atoms with Crippen LogP contribution in [0.2, 0.25) is 0 Å². The summed E-state index contributed by atoms with van der Waals surface area (Å²) in [5.74, 6) is 1.60. The second kappa shape index (κ2) is 9.08. The Labute approximate surface area is 146 Å². The van der Waals surface area contributed by atoms with Crippen molar-refractivity contribution >= 4 is 11.5 Å². The van der Waals surface area contributed by atoms with E-state index < -0.39 is 0 Å². The quantitative estimate of drug-likeness (QED) is 0.784. The number of allylic oxidation sites excluding steroid dienone is 1. The van der Waals surface area contributed by atoms with Gasteiger partial charge in [0.25, 0.3) is 0 Å². The van der Waals surface area contributed by atoms with Gasteiger partial charge in [-0.25, -0.2) is 4.98 Å². The number of likely N-dealkylation sites (N-methyl/N-ethyl adjacent to an activating group) is 1. The minimum atomic E-state index is 0. The molecule has 0 aliphatic carbocycles. The zero-order valence-electron chi connectivity index (χ0n) is 15.0. The molecular weight excluding hydrogens is 298 g/mol. The first-order chi connectivity index (χ1) is 11.6.